The molecule has 156 valence electrons. The second-order valence-electron chi connectivity index (χ2n) is 6.84. The third-order valence-electron chi connectivity index (χ3n) is 4.94. The predicted octanol–water partition coefficient (Wildman–Crippen LogP) is 4.64. The second kappa shape index (κ2) is 9.07. The van der Waals surface area contributed by atoms with E-state index in [-0.39, 0.29) is 29.6 Å². The second-order valence-corrected chi connectivity index (χ2v) is 6.84. The Morgan fingerprint density at radius 2 is 1.57 bits per heavy atom. The molecular formula is C19H18N4O7. The number of nitro groups is 3. The lowest BCUT2D eigenvalue weighted by Crippen LogP contribution is -2.19. The first-order valence-electron chi connectivity index (χ1n) is 9.21. The number of nitro benzene ring substituents is 3. The van der Waals surface area contributed by atoms with Crippen LogP contribution in [0.2, 0.25) is 0 Å². The first kappa shape index (κ1) is 20.8. The Hall–Kier alpha value is -3.89. The molecule has 0 bridgehead atoms. The third kappa shape index (κ3) is 4.74. The fraction of sp³-hybridized carbons (Fsp3) is 0.316. The summed E-state index contributed by atoms with van der Waals surface area (Å²) in [5.41, 5.74) is 1.04. The number of hydrogen-bond donors (Lipinski definition) is 0. The van der Waals surface area contributed by atoms with Crippen molar-refractivity contribution in [1.29, 1.82) is 0 Å². The van der Waals surface area contributed by atoms with Crippen LogP contribution in [-0.4, -0.2) is 20.5 Å². The number of benzene rings is 2. The molecule has 3 rings (SSSR count). The summed E-state index contributed by atoms with van der Waals surface area (Å²) in [5.74, 6) is -0.364. The van der Waals surface area contributed by atoms with Crippen LogP contribution in [0.25, 0.3) is 0 Å². The molecule has 1 saturated carbocycles. The molecule has 2 aromatic carbocycles. The zero-order valence-electron chi connectivity index (χ0n) is 15.8. The lowest BCUT2D eigenvalue weighted by molar-refractivity contribution is -0.394. The molecular weight excluding hydrogens is 396 g/mol. The van der Waals surface area contributed by atoms with Crippen molar-refractivity contribution >= 4 is 22.8 Å². The lowest BCUT2D eigenvalue weighted by Gasteiger charge is -2.23. The van der Waals surface area contributed by atoms with Gasteiger partial charge < -0.3 is 4.84 Å². The van der Waals surface area contributed by atoms with E-state index in [4.69, 9.17) is 4.84 Å². The van der Waals surface area contributed by atoms with Gasteiger partial charge in [0, 0.05) is 29.7 Å². The van der Waals surface area contributed by atoms with Gasteiger partial charge in [-0.3, -0.25) is 30.3 Å². The molecule has 0 unspecified atom stereocenters. The van der Waals surface area contributed by atoms with Crippen molar-refractivity contribution in [2.75, 3.05) is 0 Å². The topological polar surface area (TPSA) is 151 Å². The van der Waals surface area contributed by atoms with E-state index in [0.29, 0.717) is 29.7 Å². The summed E-state index contributed by atoms with van der Waals surface area (Å²) >= 11 is 0. The fourth-order valence-electron chi connectivity index (χ4n) is 3.44. The molecule has 11 heteroatoms. The average molecular weight is 414 g/mol. The summed E-state index contributed by atoms with van der Waals surface area (Å²) in [6, 6.07) is 9.52. The Balaban J connectivity index is 1.80. The predicted molar refractivity (Wildman–Crippen MR) is 106 cm³/mol. The van der Waals surface area contributed by atoms with Gasteiger partial charge in [0.2, 0.25) is 0 Å². The number of hydrogen-bond acceptors (Lipinski definition) is 8. The Labute approximate surface area is 170 Å². The zero-order valence-corrected chi connectivity index (χ0v) is 15.8. The molecule has 0 saturated heterocycles. The smallest absolute Gasteiger partial charge is 0.280 e. The lowest BCUT2D eigenvalue weighted by atomic mass is 9.81. The van der Waals surface area contributed by atoms with Crippen molar-refractivity contribution in [2.45, 2.75) is 38.2 Å². The summed E-state index contributed by atoms with van der Waals surface area (Å²) < 4.78 is 0. The van der Waals surface area contributed by atoms with Gasteiger partial charge in [0.25, 0.3) is 17.1 Å². The summed E-state index contributed by atoms with van der Waals surface area (Å²) in [4.78, 5) is 36.8. The van der Waals surface area contributed by atoms with Gasteiger partial charge in [0.1, 0.15) is 6.61 Å². The van der Waals surface area contributed by atoms with Gasteiger partial charge >= 0.3 is 0 Å². The van der Waals surface area contributed by atoms with Gasteiger partial charge in [0.15, 0.2) is 0 Å². The van der Waals surface area contributed by atoms with Crippen LogP contribution in [0.3, 0.4) is 0 Å². The molecule has 0 radical (unpaired) electrons. The molecule has 1 aliphatic carbocycles. The summed E-state index contributed by atoms with van der Waals surface area (Å²) in [7, 11) is 0. The number of nitrogens with zero attached hydrogens (tertiary/aromatic N) is 4. The van der Waals surface area contributed by atoms with Gasteiger partial charge in [0.05, 0.1) is 26.5 Å². The fourth-order valence-corrected chi connectivity index (χ4v) is 3.44. The maximum Gasteiger partial charge on any atom is 0.280 e. The molecule has 2 aromatic rings. The molecule has 0 amide bonds. The maximum absolute atomic E-state index is 11.5. The van der Waals surface area contributed by atoms with E-state index in [1.165, 1.54) is 24.3 Å². The van der Waals surface area contributed by atoms with Crippen LogP contribution < -0.4 is 0 Å². The highest BCUT2D eigenvalue weighted by Gasteiger charge is 2.30. The van der Waals surface area contributed by atoms with Crippen LogP contribution in [-0.2, 0) is 11.4 Å². The summed E-state index contributed by atoms with van der Waals surface area (Å²) in [6.45, 7) is 0.0938. The Kier molecular flexibility index (Phi) is 6.30. The molecule has 0 heterocycles. The highest BCUT2D eigenvalue weighted by Crippen LogP contribution is 2.37. The molecule has 30 heavy (non-hydrogen) atoms. The van der Waals surface area contributed by atoms with Crippen LogP contribution >= 0.6 is 0 Å². The third-order valence-corrected chi connectivity index (χ3v) is 4.94. The van der Waals surface area contributed by atoms with E-state index >= 15 is 0 Å². The molecule has 0 spiro atoms. The minimum Gasteiger partial charge on any atom is -0.391 e. The number of oxime groups is 1. The highest BCUT2D eigenvalue weighted by atomic mass is 16.6. The van der Waals surface area contributed by atoms with Crippen LogP contribution in [0.15, 0.2) is 47.6 Å². The van der Waals surface area contributed by atoms with Crippen molar-refractivity contribution in [3.05, 3.63) is 83.9 Å². The first-order chi connectivity index (χ1) is 14.4. The first-order valence-corrected chi connectivity index (χ1v) is 9.21. The van der Waals surface area contributed by atoms with E-state index in [1.807, 2.05) is 0 Å². The van der Waals surface area contributed by atoms with Gasteiger partial charge in [-0.2, -0.15) is 0 Å². The molecule has 0 aliphatic heterocycles. The minimum absolute atomic E-state index is 0.0251. The SMILES string of the molecule is O=[N+]([O-])c1ccc(CO/N=C2/CCCC[C@@H]2c2ccc([N+](=O)[O-])cc2[N+](=O)[O-])cc1. The van der Waals surface area contributed by atoms with E-state index in [2.05, 4.69) is 5.16 Å². The quantitative estimate of drug-likeness (QED) is 0.472. The Bertz CT molecular complexity index is 1000. The van der Waals surface area contributed by atoms with Crippen LogP contribution in [0.4, 0.5) is 17.1 Å². The van der Waals surface area contributed by atoms with Crippen LogP contribution in [0, 0.1) is 30.3 Å². The molecule has 1 aliphatic rings. The van der Waals surface area contributed by atoms with Crippen molar-refractivity contribution in [1.82, 2.24) is 0 Å². The molecule has 1 atom stereocenters. The van der Waals surface area contributed by atoms with Crippen molar-refractivity contribution in [3.8, 4) is 0 Å². The van der Waals surface area contributed by atoms with E-state index in [0.717, 1.165) is 18.9 Å². The van der Waals surface area contributed by atoms with Crippen molar-refractivity contribution < 1.29 is 19.6 Å². The van der Waals surface area contributed by atoms with E-state index in [1.54, 1.807) is 12.1 Å². The van der Waals surface area contributed by atoms with E-state index in [9.17, 15) is 30.3 Å². The summed E-state index contributed by atoms with van der Waals surface area (Å²) in [6.07, 6.45) is 2.93. The molecule has 0 N–H and O–H groups in total. The normalized spacial score (nSPS) is 17.5. The number of rotatable bonds is 7. The molecule has 1 fully saturated rings. The Morgan fingerprint density at radius 1 is 0.900 bits per heavy atom. The van der Waals surface area contributed by atoms with Gasteiger partial charge in [-0.25, -0.2) is 0 Å². The molecule has 0 aromatic heterocycles. The largest absolute Gasteiger partial charge is 0.391 e. The zero-order chi connectivity index (χ0) is 21.7. The van der Waals surface area contributed by atoms with Crippen molar-refractivity contribution in [2.24, 2.45) is 5.16 Å². The van der Waals surface area contributed by atoms with Crippen LogP contribution in [0.1, 0.15) is 42.7 Å². The highest BCUT2D eigenvalue weighted by molar-refractivity contribution is 5.92. The number of non-ortho nitro benzene ring substituents is 2. The monoisotopic (exact) mass is 414 g/mol. The average Bonchev–Trinajstić information content (AvgIpc) is 2.74. The van der Waals surface area contributed by atoms with E-state index < -0.39 is 14.8 Å². The summed E-state index contributed by atoms with van der Waals surface area (Å²) in [5, 5.41) is 37.3. The maximum atomic E-state index is 11.5. The van der Waals surface area contributed by atoms with Crippen LogP contribution in [0.5, 0.6) is 0 Å². The van der Waals surface area contributed by atoms with Gasteiger partial charge in [-0.15, -0.1) is 0 Å². The molecule has 11 nitrogen and oxygen atoms in total. The van der Waals surface area contributed by atoms with Crippen molar-refractivity contribution in [3.63, 3.8) is 0 Å². The van der Waals surface area contributed by atoms with Gasteiger partial charge in [-0.05, 0) is 43.0 Å². The Morgan fingerprint density at radius 3 is 2.20 bits per heavy atom. The standard InChI is InChI=1S/C19H18N4O7/c24-21(25)14-7-5-13(6-8-14)12-30-20-18-4-2-1-3-16(18)17-10-9-15(22(26)27)11-19(17)23(28)29/h5-11,16H,1-4,12H2/b20-18-/t16-/m1/s1. The van der Waals surface area contributed by atoms with Gasteiger partial charge in [-0.1, -0.05) is 11.6 Å². The minimum atomic E-state index is -0.667.